The standard InChI is InChI=1S/C24H21NO7/c1-10-6-12-9-25-21-20(18(12)14(26)7-10)23(29)13-4-3-5-16(19(13)24(21)30)32-17-8-15(27)22(28)11(2)31-17/h3-7,9,11,15,17,22,26-28H,8H2,1-2H3/t11-,15+,17-,22-/m0/s1. The van der Waals surface area contributed by atoms with Crippen molar-refractivity contribution in [2.45, 2.75) is 44.9 Å². The van der Waals surface area contributed by atoms with Crippen molar-refractivity contribution < 1.29 is 34.4 Å². The molecule has 0 bridgehead atoms. The Kier molecular flexibility index (Phi) is 4.74. The van der Waals surface area contributed by atoms with Crippen molar-refractivity contribution in [1.82, 2.24) is 4.98 Å². The van der Waals surface area contributed by atoms with E-state index in [1.54, 1.807) is 25.1 Å². The van der Waals surface area contributed by atoms with Gasteiger partial charge in [-0.25, -0.2) is 0 Å². The summed E-state index contributed by atoms with van der Waals surface area (Å²) < 4.78 is 11.5. The molecule has 1 fully saturated rings. The van der Waals surface area contributed by atoms with E-state index in [0.29, 0.717) is 5.39 Å². The first-order valence-corrected chi connectivity index (χ1v) is 10.3. The summed E-state index contributed by atoms with van der Waals surface area (Å²) in [5, 5.41) is 31.3. The van der Waals surface area contributed by atoms with E-state index >= 15 is 0 Å². The zero-order valence-corrected chi connectivity index (χ0v) is 17.4. The average Bonchev–Trinajstić information content (AvgIpc) is 2.74. The molecular formula is C24H21NO7. The van der Waals surface area contributed by atoms with Crippen LogP contribution >= 0.6 is 0 Å². The van der Waals surface area contributed by atoms with Crippen LogP contribution in [0.4, 0.5) is 0 Å². The third-order valence-corrected chi connectivity index (χ3v) is 5.99. The van der Waals surface area contributed by atoms with Gasteiger partial charge in [0.05, 0.1) is 23.3 Å². The minimum Gasteiger partial charge on any atom is -0.507 e. The van der Waals surface area contributed by atoms with E-state index in [2.05, 4.69) is 4.98 Å². The Bertz CT molecular complexity index is 1270. The summed E-state index contributed by atoms with van der Waals surface area (Å²) in [4.78, 5) is 31.1. The van der Waals surface area contributed by atoms with E-state index in [-0.39, 0.29) is 45.7 Å². The molecule has 2 aliphatic rings. The molecule has 1 aliphatic heterocycles. The minimum absolute atomic E-state index is 0.00398. The molecule has 8 heteroatoms. The second-order valence-electron chi connectivity index (χ2n) is 8.25. The number of hydrogen-bond acceptors (Lipinski definition) is 8. The highest BCUT2D eigenvalue weighted by molar-refractivity contribution is 6.32. The van der Waals surface area contributed by atoms with Gasteiger partial charge in [0.25, 0.3) is 0 Å². The molecule has 0 saturated carbocycles. The summed E-state index contributed by atoms with van der Waals surface area (Å²) >= 11 is 0. The van der Waals surface area contributed by atoms with Crippen LogP contribution in [0.1, 0.15) is 50.9 Å². The normalized spacial score (nSPS) is 24.9. The minimum atomic E-state index is -1.04. The third kappa shape index (κ3) is 3.07. The molecule has 0 amide bonds. The Balaban J connectivity index is 1.60. The van der Waals surface area contributed by atoms with Gasteiger partial charge < -0.3 is 24.8 Å². The highest BCUT2D eigenvalue weighted by atomic mass is 16.7. The lowest BCUT2D eigenvalue weighted by molar-refractivity contribution is -0.216. The number of aliphatic hydroxyl groups is 2. The number of phenolic OH excluding ortho intramolecular Hbond substituents is 1. The van der Waals surface area contributed by atoms with Crippen molar-refractivity contribution >= 4 is 22.3 Å². The lowest BCUT2D eigenvalue weighted by atomic mass is 9.84. The molecule has 0 spiro atoms. The first kappa shape index (κ1) is 20.6. The zero-order chi connectivity index (χ0) is 22.7. The van der Waals surface area contributed by atoms with Gasteiger partial charge in [0, 0.05) is 29.0 Å². The van der Waals surface area contributed by atoms with Crippen molar-refractivity contribution in [3.05, 3.63) is 64.5 Å². The van der Waals surface area contributed by atoms with Gasteiger partial charge in [0.1, 0.15) is 23.3 Å². The van der Waals surface area contributed by atoms with Gasteiger partial charge in [-0.2, -0.15) is 0 Å². The molecule has 1 aliphatic carbocycles. The Labute approximate surface area is 183 Å². The highest BCUT2D eigenvalue weighted by Gasteiger charge is 2.38. The predicted molar refractivity (Wildman–Crippen MR) is 113 cm³/mol. The van der Waals surface area contributed by atoms with Crippen LogP contribution in [0.3, 0.4) is 0 Å². The molecule has 32 heavy (non-hydrogen) atoms. The van der Waals surface area contributed by atoms with Crippen LogP contribution in [0.25, 0.3) is 10.8 Å². The van der Waals surface area contributed by atoms with Gasteiger partial charge in [-0.1, -0.05) is 12.1 Å². The topological polar surface area (TPSA) is 126 Å². The number of aromatic nitrogens is 1. The summed E-state index contributed by atoms with van der Waals surface area (Å²) in [5.41, 5.74) is 1.00. The molecule has 1 saturated heterocycles. The number of aliphatic hydroxyl groups excluding tert-OH is 2. The van der Waals surface area contributed by atoms with Crippen LogP contribution in [-0.2, 0) is 4.74 Å². The Morgan fingerprint density at radius 3 is 2.66 bits per heavy atom. The molecule has 3 aromatic rings. The van der Waals surface area contributed by atoms with Crippen LogP contribution in [0, 0.1) is 6.92 Å². The first-order valence-electron chi connectivity index (χ1n) is 10.3. The summed E-state index contributed by atoms with van der Waals surface area (Å²) in [7, 11) is 0. The van der Waals surface area contributed by atoms with Crippen LogP contribution in [-0.4, -0.2) is 56.5 Å². The molecule has 2 aromatic carbocycles. The second kappa shape index (κ2) is 7.37. The largest absolute Gasteiger partial charge is 0.507 e. The third-order valence-electron chi connectivity index (χ3n) is 5.99. The number of pyridine rings is 1. The second-order valence-corrected chi connectivity index (χ2v) is 8.25. The van der Waals surface area contributed by atoms with Gasteiger partial charge >= 0.3 is 0 Å². The van der Waals surface area contributed by atoms with Crippen LogP contribution < -0.4 is 4.74 Å². The van der Waals surface area contributed by atoms with Crippen LogP contribution in [0.5, 0.6) is 11.5 Å². The molecule has 4 atom stereocenters. The van der Waals surface area contributed by atoms with Crippen molar-refractivity contribution in [2.24, 2.45) is 0 Å². The lowest BCUT2D eigenvalue weighted by Crippen LogP contribution is -2.48. The van der Waals surface area contributed by atoms with Gasteiger partial charge in [0.15, 0.2) is 5.78 Å². The SMILES string of the molecule is Cc1cc(O)c2c3c(ncc2c1)C(=O)c1c(O[C@H]2C[C@@H](O)[C@@H](O)[C@H](C)O2)cccc1C3=O. The fourth-order valence-corrected chi connectivity index (χ4v) is 4.43. The number of nitrogens with zero attached hydrogens (tertiary/aromatic N) is 1. The summed E-state index contributed by atoms with van der Waals surface area (Å²) in [6.07, 6.45) is -2.19. The van der Waals surface area contributed by atoms with Crippen molar-refractivity contribution in [1.29, 1.82) is 0 Å². The first-order chi connectivity index (χ1) is 15.3. The number of fused-ring (bicyclic) bond motifs is 4. The maximum atomic E-state index is 13.4. The molecule has 1 aromatic heterocycles. The monoisotopic (exact) mass is 435 g/mol. The number of carbonyl (C=O) groups excluding carboxylic acids is 2. The van der Waals surface area contributed by atoms with Gasteiger partial charge in [-0.05, 0) is 37.6 Å². The number of carbonyl (C=O) groups is 2. The molecule has 164 valence electrons. The number of ketones is 2. The zero-order valence-electron chi connectivity index (χ0n) is 17.4. The van der Waals surface area contributed by atoms with E-state index in [1.165, 1.54) is 18.3 Å². The van der Waals surface area contributed by atoms with Gasteiger partial charge in [0.2, 0.25) is 12.1 Å². The quantitative estimate of drug-likeness (QED) is 0.438. The summed E-state index contributed by atoms with van der Waals surface area (Å²) in [6.45, 7) is 3.42. The van der Waals surface area contributed by atoms with Crippen molar-refractivity contribution in [3.8, 4) is 11.5 Å². The van der Waals surface area contributed by atoms with Crippen LogP contribution in [0.15, 0.2) is 36.5 Å². The number of aryl methyl sites for hydroxylation is 1. The van der Waals surface area contributed by atoms with Gasteiger partial charge in [-0.15, -0.1) is 0 Å². The number of benzene rings is 2. The number of ether oxygens (including phenoxy) is 2. The van der Waals surface area contributed by atoms with E-state index < -0.39 is 36.2 Å². The lowest BCUT2D eigenvalue weighted by Gasteiger charge is -2.35. The maximum Gasteiger partial charge on any atom is 0.216 e. The van der Waals surface area contributed by atoms with Crippen molar-refractivity contribution in [2.75, 3.05) is 0 Å². The molecule has 2 heterocycles. The Hall–Kier alpha value is -3.33. The Morgan fingerprint density at radius 1 is 1.12 bits per heavy atom. The fourth-order valence-electron chi connectivity index (χ4n) is 4.43. The van der Waals surface area contributed by atoms with Gasteiger partial charge in [-0.3, -0.25) is 14.6 Å². The van der Waals surface area contributed by atoms with Crippen LogP contribution in [0.2, 0.25) is 0 Å². The van der Waals surface area contributed by atoms with Crippen molar-refractivity contribution in [3.63, 3.8) is 0 Å². The van der Waals surface area contributed by atoms with E-state index in [4.69, 9.17) is 9.47 Å². The van der Waals surface area contributed by atoms with E-state index in [1.807, 2.05) is 6.92 Å². The average molecular weight is 435 g/mol. The molecule has 3 N–H and O–H groups in total. The smallest absolute Gasteiger partial charge is 0.216 e. The number of phenols is 1. The summed E-state index contributed by atoms with van der Waals surface area (Å²) in [5.74, 6) is -0.905. The molecule has 0 radical (unpaired) electrons. The van der Waals surface area contributed by atoms with E-state index in [0.717, 1.165) is 5.56 Å². The van der Waals surface area contributed by atoms with E-state index in [9.17, 15) is 24.9 Å². The predicted octanol–water partition coefficient (Wildman–Crippen LogP) is 2.26. The summed E-state index contributed by atoms with van der Waals surface area (Å²) in [6, 6.07) is 7.98. The number of rotatable bonds is 2. The molecule has 5 rings (SSSR count). The Morgan fingerprint density at radius 2 is 1.91 bits per heavy atom. The number of aromatic hydroxyl groups is 1. The highest BCUT2D eigenvalue weighted by Crippen LogP contribution is 2.39. The fraction of sp³-hybridized carbons (Fsp3) is 0.292. The molecular weight excluding hydrogens is 414 g/mol. The molecule has 0 unspecified atom stereocenters. The molecule has 8 nitrogen and oxygen atoms in total. The maximum absolute atomic E-state index is 13.4. The number of hydrogen-bond donors (Lipinski definition) is 3.